The molecule has 2 rings (SSSR count). The van der Waals surface area contributed by atoms with Crippen molar-refractivity contribution >= 4 is 0 Å². The lowest BCUT2D eigenvalue weighted by Crippen LogP contribution is -2.23. The smallest absolute Gasteiger partial charge is 0.0576 e. The van der Waals surface area contributed by atoms with E-state index in [2.05, 4.69) is 73.8 Å². The average molecular weight is 281 g/mol. The molecule has 0 saturated carbocycles. The molecular formula is C20H27N. The fourth-order valence-electron chi connectivity index (χ4n) is 2.62. The van der Waals surface area contributed by atoms with Gasteiger partial charge in [-0.25, -0.2) is 0 Å². The predicted octanol–water partition coefficient (Wildman–Crippen LogP) is 5.12. The molecule has 2 aromatic rings. The molecule has 1 unspecified atom stereocenters. The average Bonchev–Trinajstić information content (AvgIpc) is 2.55. The quantitative estimate of drug-likeness (QED) is 0.708. The number of aryl methyl sites for hydroxylation is 1. The number of nitrogens with one attached hydrogen (secondary N) is 1. The third kappa shape index (κ3) is 4.71. The van der Waals surface area contributed by atoms with Crippen LogP contribution in [0.15, 0.2) is 54.6 Å². The van der Waals surface area contributed by atoms with Crippen LogP contribution in [0.4, 0.5) is 0 Å². The first-order valence-electron chi connectivity index (χ1n) is 8.22. The molecule has 0 spiro atoms. The van der Waals surface area contributed by atoms with Crippen molar-refractivity contribution in [1.82, 2.24) is 5.32 Å². The first-order valence-corrected chi connectivity index (χ1v) is 8.22. The van der Waals surface area contributed by atoms with Crippen molar-refractivity contribution in [3.63, 3.8) is 0 Å². The molecule has 0 aliphatic rings. The second-order valence-electron chi connectivity index (χ2n) is 5.64. The van der Waals surface area contributed by atoms with Gasteiger partial charge in [0.25, 0.3) is 0 Å². The molecule has 0 aliphatic heterocycles. The minimum absolute atomic E-state index is 0.298. The Kier molecular flexibility index (Phi) is 6.49. The molecular weight excluding hydrogens is 254 g/mol. The maximum atomic E-state index is 3.66. The van der Waals surface area contributed by atoms with Crippen molar-refractivity contribution in [2.45, 2.75) is 45.6 Å². The second-order valence-corrected chi connectivity index (χ2v) is 5.64. The van der Waals surface area contributed by atoms with Gasteiger partial charge < -0.3 is 5.32 Å². The van der Waals surface area contributed by atoms with Crippen molar-refractivity contribution in [3.8, 4) is 0 Å². The van der Waals surface area contributed by atoms with Crippen LogP contribution in [0.2, 0.25) is 0 Å². The Hall–Kier alpha value is -1.60. The van der Waals surface area contributed by atoms with Gasteiger partial charge in [0, 0.05) is 0 Å². The maximum Gasteiger partial charge on any atom is 0.0576 e. The summed E-state index contributed by atoms with van der Waals surface area (Å²) in [7, 11) is 0. The monoisotopic (exact) mass is 281 g/mol. The van der Waals surface area contributed by atoms with Crippen LogP contribution in [0, 0.1) is 0 Å². The summed E-state index contributed by atoms with van der Waals surface area (Å²) in [5.74, 6) is 0. The van der Waals surface area contributed by atoms with Gasteiger partial charge in [-0.05, 0) is 42.5 Å². The molecule has 0 saturated heterocycles. The van der Waals surface area contributed by atoms with E-state index in [0.717, 1.165) is 13.0 Å². The topological polar surface area (TPSA) is 12.0 Å². The summed E-state index contributed by atoms with van der Waals surface area (Å²) in [4.78, 5) is 0. The summed E-state index contributed by atoms with van der Waals surface area (Å²) in [6.45, 7) is 5.49. The summed E-state index contributed by atoms with van der Waals surface area (Å²) in [6, 6.07) is 20.2. The Labute approximate surface area is 129 Å². The predicted molar refractivity (Wildman–Crippen MR) is 91.6 cm³/mol. The Morgan fingerprint density at radius 3 is 2.10 bits per heavy atom. The Bertz CT molecular complexity index is 501. The summed E-state index contributed by atoms with van der Waals surface area (Å²) >= 11 is 0. The second kappa shape index (κ2) is 8.63. The van der Waals surface area contributed by atoms with Crippen LogP contribution in [0.25, 0.3) is 0 Å². The van der Waals surface area contributed by atoms with Crippen molar-refractivity contribution in [1.29, 1.82) is 0 Å². The largest absolute Gasteiger partial charge is 0.306 e. The van der Waals surface area contributed by atoms with Gasteiger partial charge in [0.2, 0.25) is 0 Å². The van der Waals surface area contributed by atoms with Gasteiger partial charge in [-0.15, -0.1) is 0 Å². The van der Waals surface area contributed by atoms with Gasteiger partial charge in [0.05, 0.1) is 6.04 Å². The van der Waals surface area contributed by atoms with Crippen LogP contribution in [0.3, 0.4) is 0 Å². The maximum absolute atomic E-state index is 3.66. The number of hydrogen-bond donors (Lipinski definition) is 1. The van der Waals surface area contributed by atoms with E-state index in [9.17, 15) is 0 Å². The molecule has 2 aromatic carbocycles. The standard InChI is InChI=1S/C20H27N/c1-3-5-9-17-12-14-19(15-13-17)20(21-16-4-2)18-10-7-6-8-11-18/h6-8,10-15,20-21H,3-5,9,16H2,1-2H3. The minimum atomic E-state index is 0.298. The minimum Gasteiger partial charge on any atom is -0.306 e. The van der Waals surface area contributed by atoms with E-state index in [4.69, 9.17) is 0 Å². The van der Waals surface area contributed by atoms with Crippen LogP contribution in [0.5, 0.6) is 0 Å². The molecule has 0 aromatic heterocycles. The third-order valence-corrected chi connectivity index (χ3v) is 3.86. The van der Waals surface area contributed by atoms with Gasteiger partial charge in [0.15, 0.2) is 0 Å². The first-order chi connectivity index (χ1) is 10.3. The highest BCUT2D eigenvalue weighted by atomic mass is 14.9. The fourth-order valence-corrected chi connectivity index (χ4v) is 2.62. The molecule has 1 N–H and O–H groups in total. The summed E-state index contributed by atoms with van der Waals surface area (Å²) in [5.41, 5.74) is 4.14. The van der Waals surface area contributed by atoms with Crippen molar-refractivity contribution in [2.24, 2.45) is 0 Å². The van der Waals surface area contributed by atoms with Gasteiger partial charge in [0.1, 0.15) is 0 Å². The highest BCUT2D eigenvalue weighted by molar-refractivity contribution is 5.33. The zero-order valence-electron chi connectivity index (χ0n) is 13.3. The molecule has 1 atom stereocenters. The van der Waals surface area contributed by atoms with Crippen LogP contribution < -0.4 is 5.32 Å². The van der Waals surface area contributed by atoms with Crippen molar-refractivity contribution in [2.75, 3.05) is 6.54 Å². The van der Waals surface area contributed by atoms with Crippen LogP contribution in [-0.2, 0) is 6.42 Å². The summed E-state index contributed by atoms with van der Waals surface area (Å²) in [6.07, 6.45) is 4.87. The molecule has 0 amide bonds. The van der Waals surface area contributed by atoms with E-state index in [0.29, 0.717) is 6.04 Å². The lowest BCUT2D eigenvalue weighted by atomic mass is 9.96. The molecule has 112 valence electrons. The lowest BCUT2D eigenvalue weighted by Gasteiger charge is -2.20. The van der Waals surface area contributed by atoms with E-state index in [1.807, 2.05) is 0 Å². The molecule has 1 heteroatoms. The van der Waals surface area contributed by atoms with Crippen LogP contribution in [-0.4, -0.2) is 6.54 Å². The van der Waals surface area contributed by atoms with Gasteiger partial charge in [-0.2, -0.15) is 0 Å². The highest BCUT2D eigenvalue weighted by Crippen LogP contribution is 2.22. The highest BCUT2D eigenvalue weighted by Gasteiger charge is 2.12. The van der Waals surface area contributed by atoms with E-state index in [1.165, 1.54) is 36.0 Å². The lowest BCUT2D eigenvalue weighted by molar-refractivity contribution is 0.598. The van der Waals surface area contributed by atoms with E-state index in [1.54, 1.807) is 0 Å². The zero-order chi connectivity index (χ0) is 14.9. The van der Waals surface area contributed by atoms with E-state index >= 15 is 0 Å². The van der Waals surface area contributed by atoms with Gasteiger partial charge in [-0.1, -0.05) is 74.9 Å². The number of unbranched alkanes of at least 4 members (excludes halogenated alkanes) is 1. The number of benzene rings is 2. The SMILES string of the molecule is CCCCc1ccc(C(NCCC)c2ccccc2)cc1. The molecule has 0 radical (unpaired) electrons. The van der Waals surface area contributed by atoms with Crippen molar-refractivity contribution < 1.29 is 0 Å². The number of hydrogen-bond acceptors (Lipinski definition) is 1. The zero-order valence-corrected chi connectivity index (χ0v) is 13.3. The first kappa shape index (κ1) is 15.8. The van der Waals surface area contributed by atoms with E-state index in [-0.39, 0.29) is 0 Å². The molecule has 0 fully saturated rings. The fraction of sp³-hybridized carbons (Fsp3) is 0.400. The van der Waals surface area contributed by atoms with Crippen LogP contribution in [0.1, 0.15) is 55.8 Å². The van der Waals surface area contributed by atoms with Gasteiger partial charge in [-0.3, -0.25) is 0 Å². The summed E-state index contributed by atoms with van der Waals surface area (Å²) in [5, 5.41) is 3.66. The Balaban J connectivity index is 2.16. The van der Waals surface area contributed by atoms with E-state index < -0.39 is 0 Å². The van der Waals surface area contributed by atoms with Crippen LogP contribution >= 0.6 is 0 Å². The molecule has 0 heterocycles. The molecule has 0 bridgehead atoms. The normalized spacial score (nSPS) is 12.3. The van der Waals surface area contributed by atoms with Gasteiger partial charge >= 0.3 is 0 Å². The summed E-state index contributed by atoms with van der Waals surface area (Å²) < 4.78 is 0. The Morgan fingerprint density at radius 1 is 0.810 bits per heavy atom. The van der Waals surface area contributed by atoms with Crippen molar-refractivity contribution in [3.05, 3.63) is 71.3 Å². The number of rotatable bonds is 8. The molecule has 0 aliphatic carbocycles. The Morgan fingerprint density at radius 2 is 1.48 bits per heavy atom. The molecule has 21 heavy (non-hydrogen) atoms. The third-order valence-electron chi connectivity index (χ3n) is 3.86. The molecule has 1 nitrogen and oxygen atoms in total.